The summed E-state index contributed by atoms with van der Waals surface area (Å²) < 4.78 is 11.1. The van der Waals surface area contributed by atoms with E-state index >= 15 is 0 Å². The van der Waals surface area contributed by atoms with Gasteiger partial charge in [-0.2, -0.15) is 0 Å². The average molecular weight is 334 g/mol. The molecule has 0 atom stereocenters. The fourth-order valence-electron chi connectivity index (χ4n) is 3.94. The molecule has 0 amide bonds. The maximum absolute atomic E-state index is 11.5. The number of ether oxygens (including phenoxy) is 2. The fraction of sp³-hybridized carbons (Fsp3) is 0.600. The van der Waals surface area contributed by atoms with E-state index in [0.29, 0.717) is 0 Å². The number of carbonyl (C=O) groups is 2. The van der Waals surface area contributed by atoms with E-state index in [4.69, 9.17) is 9.47 Å². The summed E-state index contributed by atoms with van der Waals surface area (Å²) in [6, 6.07) is 0. The van der Waals surface area contributed by atoms with Crippen molar-refractivity contribution < 1.29 is 19.1 Å². The molecule has 1 aromatic rings. The van der Waals surface area contributed by atoms with Gasteiger partial charge >= 0.3 is 11.9 Å². The number of hydrogen-bond acceptors (Lipinski definition) is 4. The number of rotatable bonds is 4. The Morgan fingerprint density at radius 2 is 0.833 bits per heavy atom. The molecule has 0 radical (unpaired) electrons. The van der Waals surface area contributed by atoms with Crippen LogP contribution < -0.4 is 0 Å². The van der Waals surface area contributed by atoms with Crippen molar-refractivity contribution in [1.29, 1.82) is 0 Å². The molecule has 4 heteroatoms. The van der Waals surface area contributed by atoms with Crippen LogP contribution in [0.5, 0.6) is 0 Å². The Kier molecular flexibility index (Phi) is 5.54. The van der Waals surface area contributed by atoms with Crippen molar-refractivity contribution in [3.05, 3.63) is 33.4 Å². The second-order valence-electron chi connectivity index (χ2n) is 7.46. The first-order valence-electron chi connectivity index (χ1n) is 8.22. The molecule has 4 nitrogen and oxygen atoms in total. The Bertz CT molecular complexity index is 593. The lowest BCUT2D eigenvalue weighted by Gasteiger charge is -2.35. The molecule has 0 N–H and O–H groups in total. The third-order valence-electron chi connectivity index (χ3n) is 4.63. The first-order chi connectivity index (χ1) is 10.7. The van der Waals surface area contributed by atoms with Crippen LogP contribution in [-0.4, -0.2) is 11.9 Å². The fourth-order valence-corrected chi connectivity index (χ4v) is 3.94. The zero-order chi connectivity index (χ0) is 19.0. The maximum atomic E-state index is 11.5. The number of esters is 2. The van der Waals surface area contributed by atoms with E-state index < -0.39 is 11.2 Å². The van der Waals surface area contributed by atoms with E-state index in [-0.39, 0.29) is 11.9 Å². The van der Waals surface area contributed by atoms with Gasteiger partial charge in [0.25, 0.3) is 0 Å². The van der Waals surface area contributed by atoms with Crippen molar-refractivity contribution in [1.82, 2.24) is 0 Å². The molecule has 0 spiro atoms. The van der Waals surface area contributed by atoms with Crippen molar-refractivity contribution in [2.75, 3.05) is 0 Å². The highest BCUT2D eigenvalue weighted by Crippen LogP contribution is 2.40. The van der Waals surface area contributed by atoms with Gasteiger partial charge in [0.15, 0.2) is 0 Å². The molecule has 24 heavy (non-hydrogen) atoms. The molecule has 0 bridgehead atoms. The first kappa shape index (κ1) is 20.2. The molecule has 0 saturated heterocycles. The normalized spacial score (nSPS) is 12.1. The van der Waals surface area contributed by atoms with Gasteiger partial charge in [0, 0.05) is 25.0 Å². The summed E-state index contributed by atoms with van der Waals surface area (Å²) >= 11 is 0. The number of benzene rings is 1. The Labute approximate surface area is 145 Å². The lowest BCUT2D eigenvalue weighted by atomic mass is 9.78. The molecule has 0 saturated carbocycles. The molecule has 0 aromatic heterocycles. The molecular weight excluding hydrogens is 304 g/mol. The van der Waals surface area contributed by atoms with Gasteiger partial charge in [-0.1, -0.05) is 0 Å². The summed E-state index contributed by atoms with van der Waals surface area (Å²) in [5, 5.41) is 0. The molecule has 0 aliphatic rings. The third-order valence-corrected chi connectivity index (χ3v) is 4.63. The van der Waals surface area contributed by atoms with E-state index in [2.05, 4.69) is 0 Å². The van der Waals surface area contributed by atoms with E-state index in [0.717, 1.165) is 33.4 Å². The van der Waals surface area contributed by atoms with Gasteiger partial charge in [-0.25, -0.2) is 0 Å². The first-order valence-corrected chi connectivity index (χ1v) is 8.22. The number of hydrogen-bond donors (Lipinski definition) is 0. The summed E-state index contributed by atoms with van der Waals surface area (Å²) in [7, 11) is 0. The summed E-state index contributed by atoms with van der Waals surface area (Å²) in [4.78, 5) is 23.0. The highest BCUT2D eigenvalue weighted by atomic mass is 16.6. The van der Waals surface area contributed by atoms with Crippen LogP contribution in [-0.2, 0) is 30.3 Å². The molecule has 0 aliphatic heterocycles. The maximum Gasteiger partial charge on any atom is 0.303 e. The average Bonchev–Trinajstić information content (AvgIpc) is 2.32. The van der Waals surface area contributed by atoms with Crippen LogP contribution in [0.2, 0.25) is 0 Å². The van der Waals surface area contributed by atoms with Crippen LogP contribution in [0.4, 0.5) is 0 Å². The van der Waals surface area contributed by atoms with Crippen molar-refractivity contribution >= 4 is 11.9 Å². The minimum atomic E-state index is -0.723. The van der Waals surface area contributed by atoms with Gasteiger partial charge in [0.05, 0.1) is 0 Å². The molecule has 0 aliphatic carbocycles. The lowest BCUT2D eigenvalue weighted by molar-refractivity contribution is -0.156. The Morgan fingerprint density at radius 3 is 1.00 bits per heavy atom. The van der Waals surface area contributed by atoms with Gasteiger partial charge < -0.3 is 9.47 Å². The summed E-state index contributed by atoms with van der Waals surface area (Å²) in [5.74, 6) is -0.614. The molecule has 1 aromatic carbocycles. The molecule has 0 heterocycles. The van der Waals surface area contributed by atoms with Gasteiger partial charge in [0.2, 0.25) is 0 Å². The van der Waals surface area contributed by atoms with Crippen LogP contribution >= 0.6 is 0 Å². The second kappa shape index (κ2) is 6.58. The zero-order valence-electron chi connectivity index (χ0n) is 16.6. The van der Waals surface area contributed by atoms with Crippen molar-refractivity contribution in [3.8, 4) is 0 Å². The zero-order valence-corrected chi connectivity index (χ0v) is 16.6. The quantitative estimate of drug-likeness (QED) is 0.760. The Morgan fingerprint density at radius 1 is 0.625 bits per heavy atom. The Balaban J connectivity index is 3.69. The van der Waals surface area contributed by atoms with Crippen molar-refractivity contribution in [3.63, 3.8) is 0 Å². The largest absolute Gasteiger partial charge is 0.455 e. The summed E-state index contributed by atoms with van der Waals surface area (Å²) in [5.41, 5.74) is 4.79. The van der Waals surface area contributed by atoms with Gasteiger partial charge in [-0.15, -0.1) is 0 Å². The predicted molar refractivity (Wildman–Crippen MR) is 95.0 cm³/mol. The lowest BCUT2D eigenvalue weighted by Crippen LogP contribution is -2.31. The minimum Gasteiger partial charge on any atom is -0.455 e. The van der Waals surface area contributed by atoms with Crippen LogP contribution in [0.15, 0.2) is 0 Å². The SMILES string of the molecule is CC(=O)OC(C)(C)c1c(C)c(C)c(C(C)(C)OC(C)=O)c(C)c1C. The highest BCUT2D eigenvalue weighted by molar-refractivity contribution is 5.68. The molecule has 0 fully saturated rings. The van der Waals surface area contributed by atoms with Crippen molar-refractivity contribution in [2.45, 2.75) is 80.4 Å². The van der Waals surface area contributed by atoms with E-state index in [1.807, 2.05) is 55.4 Å². The predicted octanol–water partition coefficient (Wildman–Crippen LogP) is 4.52. The second-order valence-corrected chi connectivity index (χ2v) is 7.46. The molecule has 0 unspecified atom stereocenters. The summed E-state index contributed by atoms with van der Waals surface area (Å²) in [6.07, 6.45) is 0. The van der Waals surface area contributed by atoms with E-state index in [1.165, 1.54) is 13.8 Å². The van der Waals surface area contributed by atoms with Gasteiger partial charge in [0.1, 0.15) is 11.2 Å². The third kappa shape index (κ3) is 3.80. The number of carbonyl (C=O) groups excluding carboxylic acids is 2. The van der Waals surface area contributed by atoms with Crippen LogP contribution in [0.25, 0.3) is 0 Å². The van der Waals surface area contributed by atoms with Gasteiger partial charge in [-0.05, 0) is 77.6 Å². The standard InChI is InChI=1S/C20H30O4/c1-11-12(2)18(20(9,10)24-16(6)22)14(4)13(3)17(11)19(7,8)23-15(5)21/h1-10H3. The topological polar surface area (TPSA) is 52.6 Å². The van der Waals surface area contributed by atoms with Crippen molar-refractivity contribution in [2.24, 2.45) is 0 Å². The smallest absolute Gasteiger partial charge is 0.303 e. The van der Waals surface area contributed by atoms with E-state index in [9.17, 15) is 9.59 Å². The van der Waals surface area contributed by atoms with Crippen LogP contribution in [0.1, 0.15) is 74.9 Å². The molecule has 1 rings (SSSR count). The highest BCUT2D eigenvalue weighted by Gasteiger charge is 2.35. The molecular formula is C20H30O4. The molecule has 134 valence electrons. The monoisotopic (exact) mass is 334 g/mol. The van der Waals surface area contributed by atoms with E-state index in [1.54, 1.807) is 0 Å². The minimum absolute atomic E-state index is 0.307. The van der Waals surface area contributed by atoms with Crippen LogP contribution in [0.3, 0.4) is 0 Å². The summed E-state index contributed by atoms with van der Waals surface area (Å²) in [6.45, 7) is 18.5. The van der Waals surface area contributed by atoms with Crippen LogP contribution in [0, 0.1) is 27.7 Å². The Hall–Kier alpha value is -1.84. The van der Waals surface area contributed by atoms with Gasteiger partial charge in [-0.3, -0.25) is 9.59 Å².